The van der Waals surface area contributed by atoms with E-state index in [1.54, 1.807) is 18.6 Å². The van der Waals surface area contributed by atoms with Crippen molar-refractivity contribution in [1.29, 1.82) is 0 Å². The zero-order valence-corrected chi connectivity index (χ0v) is 10.2. The van der Waals surface area contributed by atoms with E-state index < -0.39 is 11.8 Å². The van der Waals surface area contributed by atoms with Gasteiger partial charge >= 0.3 is 5.97 Å². The number of benzene rings is 1. The molecule has 2 aromatic rings. The van der Waals surface area contributed by atoms with Gasteiger partial charge in [-0.25, -0.2) is 14.2 Å². The van der Waals surface area contributed by atoms with E-state index in [1.807, 2.05) is 4.57 Å². The number of fused-ring (bicyclic) bond motifs is 3. The van der Waals surface area contributed by atoms with Gasteiger partial charge < -0.3 is 14.0 Å². The number of rotatable bonds is 1. The molecule has 0 amide bonds. The van der Waals surface area contributed by atoms with E-state index in [4.69, 9.17) is 4.74 Å². The molecular formula is C13H11FN2O3. The van der Waals surface area contributed by atoms with Crippen LogP contribution in [0, 0.1) is 5.82 Å². The molecule has 0 bridgehead atoms. The summed E-state index contributed by atoms with van der Waals surface area (Å²) < 4.78 is 25.9. The monoisotopic (exact) mass is 262 g/mol. The normalized spacial score (nSPS) is 12.9. The highest BCUT2D eigenvalue weighted by molar-refractivity contribution is 5.91. The first kappa shape index (κ1) is 11.7. The average molecular weight is 262 g/mol. The molecular weight excluding hydrogens is 251 g/mol. The Hall–Kier alpha value is -2.37. The number of ether oxygens (including phenoxy) is 2. The van der Waals surface area contributed by atoms with E-state index >= 15 is 0 Å². The summed E-state index contributed by atoms with van der Waals surface area (Å²) in [7, 11) is 1.26. The lowest BCUT2D eigenvalue weighted by molar-refractivity contribution is 0.0600. The van der Waals surface area contributed by atoms with Crippen molar-refractivity contribution in [3.63, 3.8) is 0 Å². The first-order valence-electron chi connectivity index (χ1n) is 5.76. The standard InChI is InChI=1S/C13H11FN2O3/c1-18-13(17)8-4-9-11-6-15-7-16(11)2-3-19-12(9)10(14)5-8/h4-7H,2-3H2,1H3. The van der Waals surface area contributed by atoms with Crippen LogP contribution in [0.15, 0.2) is 24.7 Å². The largest absolute Gasteiger partial charge is 0.488 e. The Kier molecular flexibility index (Phi) is 2.70. The fourth-order valence-electron chi connectivity index (χ4n) is 2.14. The van der Waals surface area contributed by atoms with E-state index in [0.29, 0.717) is 18.7 Å². The minimum absolute atomic E-state index is 0.145. The second-order valence-electron chi connectivity index (χ2n) is 4.15. The van der Waals surface area contributed by atoms with Gasteiger partial charge in [0.05, 0.1) is 37.4 Å². The van der Waals surface area contributed by atoms with Crippen molar-refractivity contribution in [2.45, 2.75) is 6.54 Å². The van der Waals surface area contributed by atoms with Crippen LogP contribution in [0.5, 0.6) is 5.75 Å². The number of halogens is 1. The molecule has 0 spiro atoms. The SMILES string of the molecule is COC(=O)c1cc(F)c2c(c1)-c1cncn1CCO2. The minimum Gasteiger partial charge on any atom is -0.488 e. The minimum atomic E-state index is -0.586. The van der Waals surface area contributed by atoms with E-state index in [1.165, 1.54) is 7.11 Å². The van der Waals surface area contributed by atoms with Crippen LogP contribution >= 0.6 is 0 Å². The van der Waals surface area contributed by atoms with Crippen LogP contribution in [0.2, 0.25) is 0 Å². The van der Waals surface area contributed by atoms with Crippen LogP contribution in [0.25, 0.3) is 11.3 Å². The molecule has 1 aliphatic rings. The summed E-state index contributed by atoms with van der Waals surface area (Å²) in [6.45, 7) is 0.932. The molecule has 1 aromatic heterocycles. The van der Waals surface area contributed by atoms with Crippen molar-refractivity contribution in [3.8, 4) is 17.0 Å². The smallest absolute Gasteiger partial charge is 0.337 e. The maximum absolute atomic E-state index is 14.0. The molecule has 1 aromatic carbocycles. The summed E-state index contributed by atoms with van der Waals surface area (Å²) >= 11 is 0. The zero-order chi connectivity index (χ0) is 13.4. The Morgan fingerprint density at radius 1 is 1.53 bits per heavy atom. The van der Waals surface area contributed by atoms with Crippen LogP contribution in [-0.2, 0) is 11.3 Å². The summed E-state index contributed by atoms with van der Waals surface area (Å²) in [5, 5.41) is 0. The fourth-order valence-corrected chi connectivity index (χ4v) is 2.14. The number of hydrogen-bond acceptors (Lipinski definition) is 4. The van der Waals surface area contributed by atoms with Crippen molar-refractivity contribution < 1.29 is 18.7 Å². The number of carbonyl (C=O) groups is 1. The third kappa shape index (κ3) is 1.85. The Morgan fingerprint density at radius 3 is 3.16 bits per heavy atom. The van der Waals surface area contributed by atoms with Gasteiger partial charge in [0.25, 0.3) is 0 Å². The van der Waals surface area contributed by atoms with Gasteiger partial charge in [0, 0.05) is 5.56 Å². The van der Waals surface area contributed by atoms with Gasteiger partial charge in [-0.2, -0.15) is 0 Å². The summed E-state index contributed by atoms with van der Waals surface area (Å²) in [6, 6.07) is 2.68. The molecule has 0 unspecified atom stereocenters. The maximum atomic E-state index is 14.0. The van der Waals surface area contributed by atoms with Gasteiger partial charge in [0.15, 0.2) is 11.6 Å². The number of aromatic nitrogens is 2. The van der Waals surface area contributed by atoms with E-state index in [9.17, 15) is 9.18 Å². The first-order chi connectivity index (χ1) is 9.20. The fraction of sp³-hybridized carbons (Fsp3) is 0.231. The van der Waals surface area contributed by atoms with Crippen LogP contribution in [0.1, 0.15) is 10.4 Å². The molecule has 2 heterocycles. The molecule has 0 saturated heterocycles. The predicted octanol–water partition coefficient (Wildman–Crippen LogP) is 1.87. The van der Waals surface area contributed by atoms with Gasteiger partial charge in [0.2, 0.25) is 0 Å². The van der Waals surface area contributed by atoms with Crippen LogP contribution in [0.4, 0.5) is 4.39 Å². The quantitative estimate of drug-likeness (QED) is 0.736. The Labute approximate surface area is 108 Å². The van der Waals surface area contributed by atoms with Crippen molar-refractivity contribution in [3.05, 3.63) is 36.0 Å². The number of nitrogens with zero attached hydrogens (tertiary/aromatic N) is 2. The summed E-state index contributed by atoms with van der Waals surface area (Å²) in [6.07, 6.45) is 3.27. The van der Waals surface area contributed by atoms with Gasteiger partial charge in [-0.1, -0.05) is 0 Å². The highest BCUT2D eigenvalue weighted by Gasteiger charge is 2.22. The first-order valence-corrected chi connectivity index (χ1v) is 5.76. The third-order valence-electron chi connectivity index (χ3n) is 3.03. The molecule has 5 nitrogen and oxygen atoms in total. The van der Waals surface area contributed by atoms with E-state index in [0.717, 1.165) is 11.8 Å². The maximum Gasteiger partial charge on any atom is 0.337 e. The molecule has 0 fully saturated rings. The van der Waals surface area contributed by atoms with Crippen LogP contribution in [-0.4, -0.2) is 29.2 Å². The van der Waals surface area contributed by atoms with Gasteiger partial charge in [-0.15, -0.1) is 0 Å². The molecule has 0 saturated carbocycles. The highest BCUT2D eigenvalue weighted by atomic mass is 19.1. The molecule has 19 heavy (non-hydrogen) atoms. The lowest BCUT2D eigenvalue weighted by Crippen LogP contribution is -2.05. The van der Waals surface area contributed by atoms with Gasteiger partial charge in [-0.05, 0) is 12.1 Å². The lowest BCUT2D eigenvalue weighted by atomic mass is 10.1. The summed E-state index contributed by atoms with van der Waals surface area (Å²) in [5.74, 6) is -1.02. The number of methoxy groups -OCH3 is 1. The van der Waals surface area contributed by atoms with Crippen molar-refractivity contribution in [2.75, 3.05) is 13.7 Å². The predicted molar refractivity (Wildman–Crippen MR) is 64.5 cm³/mol. The van der Waals surface area contributed by atoms with Gasteiger partial charge in [-0.3, -0.25) is 0 Å². The topological polar surface area (TPSA) is 53.3 Å². The zero-order valence-electron chi connectivity index (χ0n) is 10.2. The molecule has 0 aliphatic carbocycles. The second-order valence-corrected chi connectivity index (χ2v) is 4.15. The van der Waals surface area contributed by atoms with Crippen LogP contribution < -0.4 is 4.74 Å². The lowest BCUT2D eigenvalue weighted by Gasteiger charge is -2.09. The molecule has 3 rings (SSSR count). The molecule has 0 N–H and O–H groups in total. The molecule has 0 atom stereocenters. The molecule has 98 valence electrons. The number of carbonyl (C=O) groups excluding carboxylic acids is 1. The van der Waals surface area contributed by atoms with Gasteiger partial charge in [0.1, 0.15) is 6.61 Å². The molecule has 0 radical (unpaired) electrons. The van der Waals surface area contributed by atoms with Crippen molar-refractivity contribution >= 4 is 5.97 Å². The summed E-state index contributed by atoms with van der Waals surface area (Å²) in [5.41, 5.74) is 1.38. The van der Waals surface area contributed by atoms with Crippen molar-refractivity contribution in [2.24, 2.45) is 0 Å². The molecule has 6 heteroatoms. The van der Waals surface area contributed by atoms with Crippen molar-refractivity contribution in [1.82, 2.24) is 9.55 Å². The molecule has 1 aliphatic heterocycles. The summed E-state index contributed by atoms with van der Waals surface area (Å²) in [4.78, 5) is 15.6. The second kappa shape index (κ2) is 4.38. The Morgan fingerprint density at radius 2 is 2.37 bits per heavy atom. The Bertz CT molecular complexity index is 651. The number of imidazole rings is 1. The van der Waals surface area contributed by atoms with E-state index in [2.05, 4.69) is 9.72 Å². The number of hydrogen-bond donors (Lipinski definition) is 0. The highest BCUT2D eigenvalue weighted by Crippen LogP contribution is 2.35. The van der Waals surface area contributed by atoms with E-state index in [-0.39, 0.29) is 11.3 Å². The number of esters is 1. The van der Waals surface area contributed by atoms with Crippen LogP contribution in [0.3, 0.4) is 0 Å². The third-order valence-corrected chi connectivity index (χ3v) is 3.03. The Balaban J connectivity index is 2.23. The average Bonchev–Trinajstić information content (AvgIpc) is 2.80.